The van der Waals surface area contributed by atoms with Gasteiger partial charge < -0.3 is 19.7 Å². The SMILES string of the molecule is COCCCNC(=O)CN(C(C)=O)c1ccc(Oc2ccccc2)cc1. The predicted molar refractivity (Wildman–Crippen MR) is 100 cm³/mol. The Bertz CT molecular complexity index is 702. The predicted octanol–water partition coefficient (Wildman–Crippen LogP) is 2.98. The van der Waals surface area contributed by atoms with Crippen molar-refractivity contribution in [3.05, 3.63) is 54.6 Å². The summed E-state index contributed by atoms with van der Waals surface area (Å²) in [6.07, 6.45) is 0.730. The minimum absolute atomic E-state index is 0.0266. The Hall–Kier alpha value is -2.86. The van der Waals surface area contributed by atoms with Crippen molar-refractivity contribution in [1.29, 1.82) is 0 Å². The van der Waals surface area contributed by atoms with Gasteiger partial charge in [0.05, 0.1) is 0 Å². The Labute approximate surface area is 153 Å². The zero-order valence-corrected chi connectivity index (χ0v) is 15.1. The topological polar surface area (TPSA) is 67.9 Å². The van der Waals surface area contributed by atoms with Gasteiger partial charge in [-0.1, -0.05) is 18.2 Å². The van der Waals surface area contributed by atoms with Crippen molar-refractivity contribution in [3.8, 4) is 11.5 Å². The molecule has 0 aromatic heterocycles. The highest BCUT2D eigenvalue weighted by Gasteiger charge is 2.15. The standard InChI is InChI=1S/C20H24N2O4/c1-16(23)22(15-20(24)21-13-6-14-25-2)17-9-11-19(12-10-17)26-18-7-4-3-5-8-18/h3-5,7-12H,6,13-15H2,1-2H3,(H,21,24). The van der Waals surface area contributed by atoms with E-state index >= 15 is 0 Å². The summed E-state index contributed by atoms with van der Waals surface area (Å²) in [5.41, 5.74) is 0.643. The molecule has 138 valence electrons. The number of hydrogen-bond acceptors (Lipinski definition) is 4. The average Bonchev–Trinajstić information content (AvgIpc) is 2.65. The number of benzene rings is 2. The molecule has 0 heterocycles. The van der Waals surface area contributed by atoms with Gasteiger partial charge in [-0.05, 0) is 42.8 Å². The van der Waals surface area contributed by atoms with Crippen LogP contribution >= 0.6 is 0 Å². The fourth-order valence-corrected chi connectivity index (χ4v) is 2.35. The van der Waals surface area contributed by atoms with Crippen LogP contribution in [0.5, 0.6) is 11.5 Å². The molecule has 0 saturated heterocycles. The second kappa shape index (κ2) is 10.2. The molecule has 6 nitrogen and oxygen atoms in total. The van der Waals surface area contributed by atoms with Gasteiger partial charge in [-0.3, -0.25) is 9.59 Å². The van der Waals surface area contributed by atoms with Gasteiger partial charge in [0.25, 0.3) is 0 Å². The Morgan fingerprint density at radius 3 is 2.27 bits per heavy atom. The van der Waals surface area contributed by atoms with E-state index in [0.29, 0.717) is 24.6 Å². The maximum Gasteiger partial charge on any atom is 0.240 e. The van der Waals surface area contributed by atoms with Gasteiger partial charge in [0.1, 0.15) is 18.0 Å². The highest BCUT2D eigenvalue weighted by molar-refractivity contribution is 5.97. The van der Waals surface area contributed by atoms with Crippen LogP contribution in [0.3, 0.4) is 0 Å². The van der Waals surface area contributed by atoms with Crippen LogP contribution in [0, 0.1) is 0 Å². The highest BCUT2D eigenvalue weighted by atomic mass is 16.5. The molecule has 2 rings (SSSR count). The van der Waals surface area contributed by atoms with Crippen LogP contribution in [0.4, 0.5) is 5.69 Å². The zero-order valence-electron chi connectivity index (χ0n) is 15.1. The minimum atomic E-state index is -0.207. The van der Waals surface area contributed by atoms with Gasteiger partial charge >= 0.3 is 0 Å². The first kappa shape index (κ1) is 19.5. The van der Waals surface area contributed by atoms with Crippen LogP contribution in [0.25, 0.3) is 0 Å². The molecule has 2 amide bonds. The largest absolute Gasteiger partial charge is 0.457 e. The third-order valence-corrected chi connectivity index (χ3v) is 3.66. The monoisotopic (exact) mass is 356 g/mol. The molecular weight excluding hydrogens is 332 g/mol. The van der Waals surface area contributed by atoms with Crippen LogP contribution in [-0.2, 0) is 14.3 Å². The number of rotatable bonds is 9. The Kier molecular flexibility index (Phi) is 7.64. The highest BCUT2D eigenvalue weighted by Crippen LogP contribution is 2.24. The number of carbonyl (C=O) groups excluding carboxylic acids is 2. The van der Waals surface area contributed by atoms with Gasteiger partial charge in [0.2, 0.25) is 11.8 Å². The molecule has 0 saturated carbocycles. The molecule has 6 heteroatoms. The van der Waals surface area contributed by atoms with Crippen molar-refractivity contribution in [1.82, 2.24) is 5.32 Å². The normalized spacial score (nSPS) is 10.2. The van der Waals surface area contributed by atoms with Gasteiger partial charge in [0.15, 0.2) is 0 Å². The number of methoxy groups -OCH3 is 1. The number of amides is 2. The van der Waals surface area contributed by atoms with Crippen LogP contribution in [0.15, 0.2) is 54.6 Å². The molecular formula is C20H24N2O4. The molecule has 0 aliphatic rings. The minimum Gasteiger partial charge on any atom is -0.457 e. The van der Waals surface area contributed by atoms with Crippen molar-refractivity contribution < 1.29 is 19.1 Å². The fourth-order valence-electron chi connectivity index (χ4n) is 2.35. The van der Waals surface area contributed by atoms with Crippen LogP contribution in [0.1, 0.15) is 13.3 Å². The first-order chi connectivity index (χ1) is 12.6. The second-order valence-electron chi connectivity index (χ2n) is 5.71. The molecule has 0 bridgehead atoms. The van der Waals surface area contributed by atoms with Crippen molar-refractivity contribution in [2.24, 2.45) is 0 Å². The first-order valence-electron chi connectivity index (χ1n) is 8.47. The molecule has 0 aliphatic heterocycles. The van der Waals surface area contributed by atoms with Gasteiger partial charge in [-0.25, -0.2) is 0 Å². The number of para-hydroxylation sites is 1. The molecule has 2 aromatic rings. The van der Waals surface area contributed by atoms with E-state index in [4.69, 9.17) is 9.47 Å². The van der Waals surface area contributed by atoms with E-state index in [1.807, 2.05) is 30.3 Å². The molecule has 2 aromatic carbocycles. The third kappa shape index (κ3) is 6.22. The van der Waals surface area contributed by atoms with E-state index in [0.717, 1.165) is 12.2 Å². The number of ether oxygens (including phenoxy) is 2. The second-order valence-corrected chi connectivity index (χ2v) is 5.71. The molecule has 0 unspecified atom stereocenters. The van der Waals surface area contributed by atoms with Crippen molar-refractivity contribution in [2.45, 2.75) is 13.3 Å². The number of hydrogen-bond donors (Lipinski definition) is 1. The molecule has 0 atom stereocenters. The number of carbonyl (C=O) groups is 2. The summed E-state index contributed by atoms with van der Waals surface area (Å²) in [6, 6.07) is 16.5. The zero-order chi connectivity index (χ0) is 18.8. The lowest BCUT2D eigenvalue weighted by atomic mass is 10.2. The summed E-state index contributed by atoms with van der Waals surface area (Å²) in [5, 5.41) is 2.78. The Balaban J connectivity index is 1.96. The lowest BCUT2D eigenvalue weighted by Gasteiger charge is -2.21. The van der Waals surface area contributed by atoms with E-state index in [1.165, 1.54) is 11.8 Å². The summed E-state index contributed by atoms with van der Waals surface area (Å²) in [6.45, 7) is 2.51. The number of nitrogens with zero attached hydrogens (tertiary/aromatic N) is 1. The fraction of sp³-hybridized carbons (Fsp3) is 0.300. The van der Waals surface area contributed by atoms with E-state index < -0.39 is 0 Å². The van der Waals surface area contributed by atoms with E-state index in [1.54, 1.807) is 31.4 Å². The number of anilines is 1. The summed E-state index contributed by atoms with van der Waals surface area (Å²) >= 11 is 0. The van der Waals surface area contributed by atoms with Crippen molar-refractivity contribution in [2.75, 3.05) is 31.7 Å². The van der Waals surface area contributed by atoms with Crippen molar-refractivity contribution >= 4 is 17.5 Å². The molecule has 26 heavy (non-hydrogen) atoms. The summed E-state index contributed by atoms with van der Waals surface area (Å²) in [7, 11) is 1.62. The van der Waals surface area contributed by atoms with Crippen molar-refractivity contribution in [3.63, 3.8) is 0 Å². The van der Waals surface area contributed by atoms with E-state index in [2.05, 4.69) is 5.32 Å². The van der Waals surface area contributed by atoms with E-state index in [9.17, 15) is 9.59 Å². The summed E-state index contributed by atoms with van der Waals surface area (Å²) < 4.78 is 10.7. The van der Waals surface area contributed by atoms with Gasteiger partial charge in [0, 0.05) is 32.9 Å². The smallest absolute Gasteiger partial charge is 0.240 e. The van der Waals surface area contributed by atoms with E-state index in [-0.39, 0.29) is 18.4 Å². The quantitative estimate of drug-likeness (QED) is 0.702. The summed E-state index contributed by atoms with van der Waals surface area (Å²) in [5.74, 6) is 0.987. The van der Waals surface area contributed by atoms with Crippen LogP contribution < -0.4 is 15.0 Å². The first-order valence-corrected chi connectivity index (χ1v) is 8.47. The van der Waals surface area contributed by atoms with Crippen LogP contribution in [0.2, 0.25) is 0 Å². The maximum absolute atomic E-state index is 12.0. The average molecular weight is 356 g/mol. The maximum atomic E-state index is 12.0. The Morgan fingerprint density at radius 2 is 1.65 bits per heavy atom. The van der Waals surface area contributed by atoms with Gasteiger partial charge in [-0.15, -0.1) is 0 Å². The molecule has 0 aliphatic carbocycles. The lowest BCUT2D eigenvalue weighted by molar-refractivity contribution is -0.123. The number of nitrogens with one attached hydrogen (secondary N) is 1. The molecule has 0 spiro atoms. The molecule has 0 radical (unpaired) electrons. The third-order valence-electron chi connectivity index (χ3n) is 3.66. The Morgan fingerprint density at radius 1 is 1.00 bits per heavy atom. The van der Waals surface area contributed by atoms with Gasteiger partial charge in [-0.2, -0.15) is 0 Å². The van der Waals surface area contributed by atoms with Crippen LogP contribution in [-0.4, -0.2) is 38.6 Å². The summed E-state index contributed by atoms with van der Waals surface area (Å²) in [4.78, 5) is 25.4. The molecule has 0 fully saturated rings. The molecule has 1 N–H and O–H groups in total. The lowest BCUT2D eigenvalue weighted by Crippen LogP contribution is -2.40.